The summed E-state index contributed by atoms with van der Waals surface area (Å²) >= 11 is 0. The van der Waals surface area contributed by atoms with Gasteiger partial charge in [0.05, 0.1) is 10.8 Å². The van der Waals surface area contributed by atoms with Crippen molar-refractivity contribution in [3.63, 3.8) is 0 Å². The Hall–Kier alpha value is -2.12. The molecule has 5 rings (SSSR count). The highest BCUT2D eigenvalue weighted by molar-refractivity contribution is 5.97. The Morgan fingerprint density at radius 2 is 0.938 bits per heavy atom. The maximum atomic E-state index is 13.6. The molecule has 5 fully saturated rings. The van der Waals surface area contributed by atoms with Crippen molar-refractivity contribution < 1.29 is 28.7 Å². The highest BCUT2D eigenvalue weighted by Gasteiger charge is 2.77. The average molecular weight is 447 g/mol. The SMILES string of the molecule is CC1(C)[C@@]2(C)CC[C@@]1(C(=O)N1CCN(C(=O)[C@]34CC[C@](C)(C(=O)O3)C4(C)C)CC1)OC2=O. The van der Waals surface area contributed by atoms with Gasteiger partial charge in [-0.1, -0.05) is 27.7 Å². The Labute approximate surface area is 188 Å². The van der Waals surface area contributed by atoms with E-state index in [1.165, 1.54) is 0 Å². The predicted molar refractivity (Wildman–Crippen MR) is 113 cm³/mol. The molecule has 0 aromatic heterocycles. The fraction of sp³-hybridized carbons (Fsp3) is 0.833. The molecule has 0 N–H and O–H groups in total. The number of hydrogen-bond acceptors (Lipinski definition) is 6. The van der Waals surface area contributed by atoms with Crippen molar-refractivity contribution in [2.24, 2.45) is 21.7 Å². The molecule has 4 bridgehead atoms. The Bertz CT molecular complexity index is 874. The van der Waals surface area contributed by atoms with Crippen LogP contribution in [-0.4, -0.2) is 70.9 Å². The Morgan fingerprint density at radius 3 is 1.16 bits per heavy atom. The molecule has 176 valence electrons. The van der Waals surface area contributed by atoms with Crippen LogP contribution in [0.5, 0.6) is 0 Å². The van der Waals surface area contributed by atoms with Crippen LogP contribution in [0.25, 0.3) is 0 Å². The van der Waals surface area contributed by atoms with Crippen molar-refractivity contribution in [2.75, 3.05) is 26.2 Å². The van der Waals surface area contributed by atoms with Crippen LogP contribution in [0.15, 0.2) is 0 Å². The summed E-state index contributed by atoms with van der Waals surface area (Å²) in [6.07, 6.45) is 2.35. The van der Waals surface area contributed by atoms with E-state index in [4.69, 9.17) is 9.47 Å². The van der Waals surface area contributed by atoms with Gasteiger partial charge >= 0.3 is 11.9 Å². The molecule has 32 heavy (non-hydrogen) atoms. The van der Waals surface area contributed by atoms with Gasteiger partial charge in [-0.2, -0.15) is 0 Å². The second-order valence-electron chi connectivity index (χ2n) is 11.9. The number of carbonyl (C=O) groups excluding carboxylic acids is 4. The molecule has 3 saturated heterocycles. The van der Waals surface area contributed by atoms with Crippen molar-refractivity contribution in [3.05, 3.63) is 0 Å². The lowest BCUT2D eigenvalue weighted by molar-refractivity contribution is -0.179. The van der Waals surface area contributed by atoms with E-state index in [2.05, 4.69) is 0 Å². The zero-order valence-corrected chi connectivity index (χ0v) is 20.0. The standard InChI is InChI=1S/C24H34N2O6/c1-19(2)21(5)7-9-23(19,31-17(21)29)15(27)25-11-13-26(14-12-25)16(28)24-10-8-22(6,18(30)32-24)20(24,3)4/h7-14H2,1-6H3/t21-,22+,23-,24-/m0/s1. The molecular formula is C24H34N2O6. The molecule has 3 aliphatic heterocycles. The largest absolute Gasteiger partial charge is 0.448 e. The summed E-state index contributed by atoms with van der Waals surface area (Å²) < 4.78 is 11.5. The zero-order chi connectivity index (χ0) is 23.5. The molecule has 0 aromatic carbocycles. The first-order chi connectivity index (χ1) is 14.7. The van der Waals surface area contributed by atoms with Crippen LogP contribution in [0.2, 0.25) is 0 Å². The summed E-state index contributed by atoms with van der Waals surface area (Å²) in [5.74, 6) is -0.874. The topological polar surface area (TPSA) is 93.2 Å². The third-order valence-corrected chi connectivity index (χ3v) is 10.7. The lowest BCUT2D eigenvalue weighted by atomic mass is 9.66. The molecule has 0 spiro atoms. The van der Waals surface area contributed by atoms with Gasteiger partial charge in [0.1, 0.15) is 0 Å². The van der Waals surface area contributed by atoms with Crippen LogP contribution in [0.3, 0.4) is 0 Å². The summed E-state index contributed by atoms with van der Waals surface area (Å²) in [5.41, 5.74) is -4.72. The number of fused-ring (bicyclic) bond motifs is 4. The minimum Gasteiger partial charge on any atom is -0.448 e. The summed E-state index contributed by atoms with van der Waals surface area (Å²) in [5, 5.41) is 0. The summed E-state index contributed by atoms with van der Waals surface area (Å²) in [4.78, 5) is 55.8. The minimum atomic E-state index is -1.13. The van der Waals surface area contributed by atoms with Crippen LogP contribution in [0.4, 0.5) is 0 Å². The number of amides is 2. The van der Waals surface area contributed by atoms with E-state index in [1.807, 2.05) is 41.5 Å². The molecular weight excluding hydrogens is 412 g/mol. The highest BCUT2D eigenvalue weighted by Crippen LogP contribution is 2.67. The monoisotopic (exact) mass is 446 g/mol. The van der Waals surface area contributed by atoms with E-state index in [0.717, 1.165) is 0 Å². The number of nitrogens with zero attached hydrogens (tertiary/aromatic N) is 2. The van der Waals surface area contributed by atoms with Crippen LogP contribution in [0.1, 0.15) is 67.2 Å². The molecule has 8 nitrogen and oxygen atoms in total. The summed E-state index contributed by atoms with van der Waals surface area (Å²) in [6, 6.07) is 0. The number of piperazine rings is 1. The molecule has 0 unspecified atom stereocenters. The van der Waals surface area contributed by atoms with E-state index in [9.17, 15) is 19.2 Å². The number of hydrogen-bond donors (Lipinski definition) is 0. The molecule has 2 aliphatic carbocycles. The smallest absolute Gasteiger partial charge is 0.313 e. The first-order valence-corrected chi connectivity index (χ1v) is 11.8. The number of ether oxygens (including phenoxy) is 2. The normalized spacial score (nSPS) is 43.4. The lowest BCUT2D eigenvalue weighted by Gasteiger charge is -2.44. The van der Waals surface area contributed by atoms with Gasteiger partial charge < -0.3 is 19.3 Å². The van der Waals surface area contributed by atoms with Crippen LogP contribution in [0, 0.1) is 21.7 Å². The van der Waals surface area contributed by atoms with Gasteiger partial charge in [0, 0.05) is 37.0 Å². The third-order valence-electron chi connectivity index (χ3n) is 10.7. The van der Waals surface area contributed by atoms with Crippen LogP contribution < -0.4 is 0 Å². The number of carbonyl (C=O) groups is 4. The molecule has 4 atom stereocenters. The highest BCUT2D eigenvalue weighted by atomic mass is 16.6. The fourth-order valence-corrected chi connectivity index (χ4v) is 7.07. The van der Waals surface area contributed by atoms with Gasteiger partial charge in [0.15, 0.2) is 11.2 Å². The second-order valence-corrected chi connectivity index (χ2v) is 11.9. The Kier molecular flexibility index (Phi) is 3.98. The van der Waals surface area contributed by atoms with Crippen molar-refractivity contribution in [2.45, 2.75) is 78.4 Å². The maximum Gasteiger partial charge on any atom is 0.313 e. The van der Waals surface area contributed by atoms with Crippen molar-refractivity contribution in [1.29, 1.82) is 0 Å². The fourth-order valence-electron chi connectivity index (χ4n) is 7.07. The molecule has 2 saturated carbocycles. The maximum absolute atomic E-state index is 13.6. The van der Waals surface area contributed by atoms with Gasteiger partial charge in [0.25, 0.3) is 11.8 Å². The molecule has 0 radical (unpaired) electrons. The first-order valence-electron chi connectivity index (χ1n) is 11.8. The van der Waals surface area contributed by atoms with Crippen molar-refractivity contribution >= 4 is 23.8 Å². The quantitative estimate of drug-likeness (QED) is 0.602. The summed E-state index contributed by atoms with van der Waals surface area (Å²) in [6.45, 7) is 13.1. The molecule has 3 heterocycles. The first kappa shape index (κ1) is 21.7. The zero-order valence-electron chi connectivity index (χ0n) is 20.0. The van der Waals surface area contributed by atoms with E-state index in [1.54, 1.807) is 9.80 Å². The van der Waals surface area contributed by atoms with Crippen molar-refractivity contribution in [1.82, 2.24) is 9.80 Å². The van der Waals surface area contributed by atoms with E-state index in [0.29, 0.717) is 51.9 Å². The van der Waals surface area contributed by atoms with Gasteiger partial charge in [-0.05, 0) is 39.5 Å². The lowest BCUT2D eigenvalue weighted by Crippen LogP contribution is -2.62. The molecule has 8 heteroatoms. The number of esters is 2. The molecule has 2 amide bonds. The van der Waals surface area contributed by atoms with Gasteiger partial charge in [-0.15, -0.1) is 0 Å². The van der Waals surface area contributed by atoms with E-state index < -0.39 is 32.9 Å². The van der Waals surface area contributed by atoms with E-state index >= 15 is 0 Å². The minimum absolute atomic E-state index is 0.150. The molecule has 0 aromatic rings. The second kappa shape index (κ2) is 5.86. The predicted octanol–water partition coefficient (Wildman–Crippen LogP) is 1.90. The number of rotatable bonds is 2. The van der Waals surface area contributed by atoms with Crippen LogP contribution in [-0.2, 0) is 28.7 Å². The third kappa shape index (κ3) is 2.02. The average Bonchev–Trinajstić information content (AvgIpc) is 3.21. The van der Waals surface area contributed by atoms with E-state index in [-0.39, 0.29) is 23.8 Å². The van der Waals surface area contributed by atoms with Gasteiger partial charge in [0.2, 0.25) is 0 Å². The Morgan fingerprint density at radius 1 is 0.625 bits per heavy atom. The Balaban J connectivity index is 1.32. The van der Waals surface area contributed by atoms with Gasteiger partial charge in [-0.3, -0.25) is 19.2 Å². The molecule has 5 aliphatic rings. The van der Waals surface area contributed by atoms with Crippen LogP contribution >= 0.6 is 0 Å². The van der Waals surface area contributed by atoms with Gasteiger partial charge in [-0.25, -0.2) is 0 Å². The summed E-state index contributed by atoms with van der Waals surface area (Å²) in [7, 11) is 0. The van der Waals surface area contributed by atoms with Crippen molar-refractivity contribution in [3.8, 4) is 0 Å².